The van der Waals surface area contributed by atoms with Gasteiger partial charge in [0.1, 0.15) is 5.82 Å². The molecule has 1 aliphatic heterocycles. The van der Waals surface area contributed by atoms with Gasteiger partial charge in [-0.25, -0.2) is 12.8 Å². The fraction of sp³-hybridized carbons (Fsp3) is 0.529. The average molecular weight is 365 g/mol. The molecule has 2 fully saturated rings. The van der Waals surface area contributed by atoms with E-state index < -0.39 is 15.8 Å². The fourth-order valence-electron chi connectivity index (χ4n) is 3.27. The van der Waals surface area contributed by atoms with Crippen molar-refractivity contribution in [1.82, 2.24) is 14.4 Å². The molecule has 1 saturated carbocycles. The highest BCUT2D eigenvalue weighted by Crippen LogP contribution is 2.39. The fourth-order valence-corrected chi connectivity index (χ4v) is 4.83. The van der Waals surface area contributed by atoms with Gasteiger partial charge in [-0.15, -0.1) is 0 Å². The molecule has 0 radical (unpaired) electrons. The highest BCUT2D eigenvalue weighted by molar-refractivity contribution is 7.89. The molecule has 134 valence electrons. The van der Waals surface area contributed by atoms with Gasteiger partial charge in [-0.1, -0.05) is 5.16 Å². The van der Waals surface area contributed by atoms with E-state index in [2.05, 4.69) is 10.1 Å². The minimum absolute atomic E-state index is 0.130. The van der Waals surface area contributed by atoms with Gasteiger partial charge in [-0.2, -0.15) is 9.29 Å². The number of hydrogen-bond donors (Lipinski definition) is 0. The quantitative estimate of drug-likeness (QED) is 0.814. The summed E-state index contributed by atoms with van der Waals surface area (Å²) in [6, 6.07) is 4.98. The van der Waals surface area contributed by atoms with E-state index in [1.807, 2.05) is 0 Å². The summed E-state index contributed by atoms with van der Waals surface area (Å²) in [5.41, 5.74) is 0. The minimum Gasteiger partial charge on any atom is -0.339 e. The Labute approximate surface area is 146 Å². The number of rotatable bonds is 5. The van der Waals surface area contributed by atoms with Gasteiger partial charge >= 0.3 is 0 Å². The monoisotopic (exact) mass is 365 g/mol. The van der Waals surface area contributed by atoms with Crippen molar-refractivity contribution in [3.63, 3.8) is 0 Å². The second-order valence-corrected chi connectivity index (χ2v) is 8.79. The average Bonchev–Trinajstić information content (AvgIpc) is 3.36. The third-order valence-electron chi connectivity index (χ3n) is 4.81. The van der Waals surface area contributed by atoms with Crippen LogP contribution in [0.5, 0.6) is 0 Å². The number of sulfonamides is 1. The Morgan fingerprint density at radius 2 is 1.96 bits per heavy atom. The Kier molecular flexibility index (Phi) is 4.33. The molecule has 1 saturated heterocycles. The second kappa shape index (κ2) is 6.49. The lowest BCUT2D eigenvalue weighted by Gasteiger charge is -2.31. The van der Waals surface area contributed by atoms with Gasteiger partial charge in [0, 0.05) is 25.4 Å². The first-order chi connectivity index (χ1) is 12.0. The summed E-state index contributed by atoms with van der Waals surface area (Å²) in [6.45, 7) is 0.906. The summed E-state index contributed by atoms with van der Waals surface area (Å²) in [6.07, 6.45) is 4.55. The van der Waals surface area contributed by atoms with Crippen molar-refractivity contribution in [2.45, 2.75) is 42.9 Å². The normalized spacial score (nSPS) is 22.2. The van der Waals surface area contributed by atoms with Crippen LogP contribution in [0.2, 0.25) is 0 Å². The maximum atomic E-state index is 13.1. The molecule has 1 aromatic carbocycles. The molecule has 0 amide bonds. The Morgan fingerprint density at radius 3 is 2.68 bits per heavy atom. The number of halogens is 1. The SMILES string of the molecule is O=S(=O)(c1ccc(F)cc1)N1CCCC(Cc2noc(C3CC3)n2)C1. The predicted molar refractivity (Wildman–Crippen MR) is 87.9 cm³/mol. The van der Waals surface area contributed by atoms with Crippen molar-refractivity contribution in [1.29, 1.82) is 0 Å². The second-order valence-electron chi connectivity index (χ2n) is 6.85. The number of aromatic nitrogens is 2. The molecular formula is C17H20FN3O3S. The molecule has 1 unspecified atom stereocenters. The summed E-state index contributed by atoms with van der Waals surface area (Å²) in [5, 5.41) is 4.03. The molecule has 0 N–H and O–H groups in total. The first kappa shape index (κ1) is 16.7. The standard InChI is InChI=1S/C17H20FN3O3S/c18-14-5-7-15(8-6-14)25(22,23)21-9-1-2-12(11-21)10-16-19-17(24-20-16)13-3-4-13/h5-8,12-13H,1-4,9-11H2. The molecule has 1 atom stereocenters. The molecule has 0 spiro atoms. The Bertz CT molecular complexity index is 846. The predicted octanol–water partition coefficient (Wildman–Crippen LogP) is 2.73. The number of hydrogen-bond acceptors (Lipinski definition) is 5. The number of piperidine rings is 1. The highest BCUT2D eigenvalue weighted by Gasteiger charge is 2.32. The van der Waals surface area contributed by atoms with Gasteiger partial charge < -0.3 is 4.52 Å². The molecular weight excluding hydrogens is 345 g/mol. The molecule has 2 aromatic rings. The van der Waals surface area contributed by atoms with Gasteiger partial charge in [0.05, 0.1) is 4.90 Å². The van der Waals surface area contributed by atoms with Crippen LogP contribution in [-0.2, 0) is 16.4 Å². The van der Waals surface area contributed by atoms with Crippen molar-refractivity contribution >= 4 is 10.0 Å². The lowest BCUT2D eigenvalue weighted by Crippen LogP contribution is -2.40. The van der Waals surface area contributed by atoms with Crippen LogP contribution in [0.4, 0.5) is 4.39 Å². The summed E-state index contributed by atoms with van der Waals surface area (Å²) in [4.78, 5) is 4.56. The van der Waals surface area contributed by atoms with E-state index in [9.17, 15) is 12.8 Å². The number of benzene rings is 1. The summed E-state index contributed by atoms with van der Waals surface area (Å²) in [7, 11) is -3.60. The van der Waals surface area contributed by atoms with E-state index >= 15 is 0 Å². The van der Waals surface area contributed by atoms with Gasteiger partial charge in [-0.3, -0.25) is 0 Å². The molecule has 1 aliphatic carbocycles. The van der Waals surface area contributed by atoms with Gasteiger partial charge in [0.25, 0.3) is 0 Å². The van der Waals surface area contributed by atoms with E-state index in [-0.39, 0.29) is 10.8 Å². The zero-order valence-electron chi connectivity index (χ0n) is 13.8. The Balaban J connectivity index is 1.45. The van der Waals surface area contributed by atoms with Crippen molar-refractivity contribution in [3.05, 3.63) is 41.8 Å². The maximum Gasteiger partial charge on any atom is 0.243 e. The zero-order valence-corrected chi connectivity index (χ0v) is 14.6. The summed E-state index contributed by atoms with van der Waals surface area (Å²) < 4.78 is 45.3. The van der Waals surface area contributed by atoms with Crippen molar-refractivity contribution in [2.75, 3.05) is 13.1 Å². The molecule has 2 heterocycles. The van der Waals surface area contributed by atoms with E-state index in [0.717, 1.165) is 25.7 Å². The van der Waals surface area contributed by atoms with Crippen LogP contribution < -0.4 is 0 Å². The summed E-state index contributed by atoms with van der Waals surface area (Å²) in [5.74, 6) is 1.50. The lowest BCUT2D eigenvalue weighted by atomic mass is 9.96. The Hall–Kier alpha value is -1.80. The maximum absolute atomic E-state index is 13.1. The molecule has 6 nitrogen and oxygen atoms in total. The lowest BCUT2D eigenvalue weighted by molar-refractivity contribution is 0.260. The van der Waals surface area contributed by atoms with Crippen LogP contribution in [0.15, 0.2) is 33.7 Å². The van der Waals surface area contributed by atoms with E-state index in [1.165, 1.54) is 28.6 Å². The van der Waals surface area contributed by atoms with Crippen LogP contribution in [0, 0.1) is 11.7 Å². The zero-order chi connectivity index (χ0) is 17.4. The van der Waals surface area contributed by atoms with Crippen LogP contribution in [0.3, 0.4) is 0 Å². The molecule has 1 aromatic heterocycles. The van der Waals surface area contributed by atoms with Crippen LogP contribution in [0.1, 0.15) is 43.3 Å². The molecule has 4 rings (SSSR count). The molecule has 0 bridgehead atoms. The minimum atomic E-state index is -3.60. The van der Waals surface area contributed by atoms with Crippen LogP contribution >= 0.6 is 0 Å². The third-order valence-corrected chi connectivity index (χ3v) is 6.69. The van der Waals surface area contributed by atoms with Gasteiger partial charge in [0.2, 0.25) is 15.9 Å². The Morgan fingerprint density at radius 1 is 1.20 bits per heavy atom. The van der Waals surface area contributed by atoms with Crippen molar-refractivity contribution in [2.24, 2.45) is 5.92 Å². The highest BCUT2D eigenvalue weighted by atomic mass is 32.2. The van der Waals surface area contributed by atoms with E-state index in [1.54, 1.807) is 0 Å². The van der Waals surface area contributed by atoms with Gasteiger partial charge in [0.15, 0.2) is 5.82 Å². The van der Waals surface area contributed by atoms with Crippen molar-refractivity contribution < 1.29 is 17.3 Å². The molecule has 25 heavy (non-hydrogen) atoms. The van der Waals surface area contributed by atoms with E-state index in [0.29, 0.717) is 37.1 Å². The first-order valence-electron chi connectivity index (χ1n) is 8.60. The topological polar surface area (TPSA) is 76.3 Å². The smallest absolute Gasteiger partial charge is 0.243 e. The van der Waals surface area contributed by atoms with Gasteiger partial charge in [-0.05, 0) is 55.9 Å². The first-order valence-corrected chi connectivity index (χ1v) is 10.0. The van der Waals surface area contributed by atoms with Crippen LogP contribution in [-0.4, -0.2) is 36.0 Å². The van der Waals surface area contributed by atoms with Crippen molar-refractivity contribution in [3.8, 4) is 0 Å². The van der Waals surface area contributed by atoms with Crippen LogP contribution in [0.25, 0.3) is 0 Å². The largest absolute Gasteiger partial charge is 0.339 e. The van der Waals surface area contributed by atoms with E-state index in [4.69, 9.17) is 4.52 Å². The number of nitrogens with zero attached hydrogens (tertiary/aromatic N) is 3. The summed E-state index contributed by atoms with van der Waals surface area (Å²) >= 11 is 0. The molecule has 2 aliphatic rings. The molecule has 8 heteroatoms. The third kappa shape index (κ3) is 3.59.